The van der Waals surface area contributed by atoms with E-state index in [0.717, 1.165) is 5.56 Å². The van der Waals surface area contributed by atoms with Crippen molar-refractivity contribution in [2.24, 2.45) is 0 Å². The van der Waals surface area contributed by atoms with Crippen molar-refractivity contribution in [2.45, 2.75) is 13.8 Å². The lowest BCUT2D eigenvalue weighted by Gasteiger charge is -2.11. The van der Waals surface area contributed by atoms with E-state index in [-0.39, 0.29) is 17.9 Å². The van der Waals surface area contributed by atoms with Crippen molar-refractivity contribution in [1.82, 2.24) is 4.98 Å². The highest BCUT2D eigenvalue weighted by molar-refractivity contribution is 6.02. The molecule has 0 saturated heterocycles. The number of carbonyl (C=O) groups excluding carboxylic acids is 1. The molecule has 0 aliphatic carbocycles. The standard InChI is InChI=1S/C14H15NO4/c1-4-19-14(17)9-7-15-12-10(18-3)6-5-8(2)11(12)13(9)16/h5-7H,4H2,1-3H3,(H,15,16). The Morgan fingerprint density at radius 1 is 1.42 bits per heavy atom. The fourth-order valence-electron chi connectivity index (χ4n) is 1.95. The van der Waals surface area contributed by atoms with Crippen LogP contribution in [0.4, 0.5) is 0 Å². The second-order valence-corrected chi connectivity index (χ2v) is 4.05. The number of hydrogen-bond acceptors (Lipinski definition) is 5. The quantitative estimate of drug-likeness (QED) is 0.859. The van der Waals surface area contributed by atoms with Gasteiger partial charge in [-0.1, -0.05) is 6.07 Å². The van der Waals surface area contributed by atoms with Gasteiger partial charge in [-0.15, -0.1) is 0 Å². The molecule has 0 bridgehead atoms. The van der Waals surface area contributed by atoms with Gasteiger partial charge < -0.3 is 14.6 Å². The highest BCUT2D eigenvalue weighted by atomic mass is 16.5. The molecule has 1 heterocycles. The highest BCUT2D eigenvalue weighted by Crippen LogP contribution is 2.35. The van der Waals surface area contributed by atoms with Crippen LogP contribution in [0.2, 0.25) is 0 Å². The molecule has 0 spiro atoms. The predicted molar refractivity (Wildman–Crippen MR) is 70.7 cm³/mol. The molecule has 0 amide bonds. The maximum absolute atomic E-state index is 11.7. The third-order valence-corrected chi connectivity index (χ3v) is 2.88. The Bertz CT molecular complexity index is 637. The number of benzene rings is 1. The number of carbonyl (C=O) groups is 1. The van der Waals surface area contributed by atoms with Gasteiger partial charge in [0.2, 0.25) is 0 Å². The number of esters is 1. The van der Waals surface area contributed by atoms with E-state index < -0.39 is 5.97 Å². The van der Waals surface area contributed by atoms with Crippen molar-refractivity contribution in [2.75, 3.05) is 13.7 Å². The molecule has 0 fully saturated rings. The molecule has 2 aromatic rings. The molecule has 0 radical (unpaired) electrons. The SMILES string of the molecule is CCOC(=O)c1cnc2c(OC)ccc(C)c2c1O. The molecule has 5 nitrogen and oxygen atoms in total. The van der Waals surface area contributed by atoms with Crippen LogP contribution in [0.15, 0.2) is 18.3 Å². The number of aromatic nitrogens is 1. The van der Waals surface area contributed by atoms with Crippen molar-refractivity contribution in [3.05, 3.63) is 29.5 Å². The fourth-order valence-corrected chi connectivity index (χ4v) is 1.95. The third-order valence-electron chi connectivity index (χ3n) is 2.88. The summed E-state index contributed by atoms with van der Waals surface area (Å²) in [5.74, 6) is -0.164. The van der Waals surface area contributed by atoms with Gasteiger partial charge in [-0.25, -0.2) is 4.79 Å². The molecule has 5 heteroatoms. The number of aryl methyl sites for hydroxylation is 1. The molecule has 19 heavy (non-hydrogen) atoms. The number of aromatic hydroxyl groups is 1. The Hall–Kier alpha value is -2.30. The van der Waals surface area contributed by atoms with Gasteiger partial charge in [-0.05, 0) is 25.5 Å². The zero-order valence-corrected chi connectivity index (χ0v) is 11.1. The van der Waals surface area contributed by atoms with Crippen LogP contribution in [0.1, 0.15) is 22.8 Å². The Morgan fingerprint density at radius 3 is 2.79 bits per heavy atom. The molecule has 100 valence electrons. The van der Waals surface area contributed by atoms with Gasteiger partial charge in [0.1, 0.15) is 22.6 Å². The van der Waals surface area contributed by atoms with Crippen LogP contribution in [0.25, 0.3) is 10.9 Å². The van der Waals surface area contributed by atoms with Crippen LogP contribution < -0.4 is 4.74 Å². The van der Waals surface area contributed by atoms with Gasteiger partial charge in [0, 0.05) is 11.6 Å². The molecule has 0 saturated carbocycles. The van der Waals surface area contributed by atoms with E-state index in [0.29, 0.717) is 16.7 Å². The lowest BCUT2D eigenvalue weighted by atomic mass is 10.1. The number of nitrogens with zero attached hydrogens (tertiary/aromatic N) is 1. The number of methoxy groups -OCH3 is 1. The van der Waals surface area contributed by atoms with Crippen LogP contribution in [0, 0.1) is 6.92 Å². The molecule has 0 aliphatic heterocycles. The molecule has 1 aromatic carbocycles. The molecule has 1 N–H and O–H groups in total. The molecular weight excluding hydrogens is 246 g/mol. The molecule has 0 aliphatic rings. The summed E-state index contributed by atoms with van der Waals surface area (Å²) in [6, 6.07) is 3.58. The average Bonchev–Trinajstić information content (AvgIpc) is 2.39. The Balaban J connectivity index is 2.71. The molecule has 0 atom stereocenters. The zero-order chi connectivity index (χ0) is 14.0. The van der Waals surface area contributed by atoms with Crippen LogP contribution in [0.3, 0.4) is 0 Å². The minimum absolute atomic E-state index is 0.0608. The smallest absolute Gasteiger partial charge is 0.343 e. The first-order chi connectivity index (χ1) is 9.10. The molecule has 0 unspecified atom stereocenters. The van der Waals surface area contributed by atoms with Crippen LogP contribution >= 0.6 is 0 Å². The summed E-state index contributed by atoms with van der Waals surface area (Å²) in [5.41, 5.74) is 1.39. The second-order valence-electron chi connectivity index (χ2n) is 4.05. The van der Waals surface area contributed by atoms with Crippen LogP contribution in [-0.4, -0.2) is 29.8 Å². The summed E-state index contributed by atoms with van der Waals surface area (Å²) < 4.78 is 10.1. The molecule has 1 aromatic heterocycles. The first kappa shape index (κ1) is 13.1. The normalized spacial score (nSPS) is 10.5. The Morgan fingerprint density at radius 2 is 2.16 bits per heavy atom. The molecular formula is C14H15NO4. The second kappa shape index (κ2) is 5.14. The average molecular weight is 261 g/mol. The number of pyridine rings is 1. The monoisotopic (exact) mass is 261 g/mol. The summed E-state index contributed by atoms with van der Waals surface area (Å²) in [6.45, 7) is 3.78. The number of rotatable bonds is 3. The van der Waals surface area contributed by atoms with Crippen molar-refractivity contribution >= 4 is 16.9 Å². The largest absolute Gasteiger partial charge is 0.506 e. The Labute approximate surface area is 110 Å². The molecule has 2 rings (SSSR count). The summed E-state index contributed by atoms with van der Waals surface area (Å²) in [7, 11) is 1.53. The lowest BCUT2D eigenvalue weighted by Crippen LogP contribution is -2.06. The zero-order valence-electron chi connectivity index (χ0n) is 11.1. The van der Waals surface area contributed by atoms with Gasteiger partial charge in [-0.2, -0.15) is 0 Å². The number of fused-ring (bicyclic) bond motifs is 1. The fraction of sp³-hybridized carbons (Fsp3) is 0.286. The number of hydrogen-bond donors (Lipinski definition) is 1. The van der Waals surface area contributed by atoms with E-state index in [4.69, 9.17) is 9.47 Å². The van der Waals surface area contributed by atoms with Gasteiger partial charge in [-0.3, -0.25) is 4.98 Å². The Kier molecular flexibility index (Phi) is 3.55. The maximum Gasteiger partial charge on any atom is 0.343 e. The van der Waals surface area contributed by atoms with E-state index in [1.165, 1.54) is 13.3 Å². The van der Waals surface area contributed by atoms with Gasteiger partial charge in [0.25, 0.3) is 0 Å². The van der Waals surface area contributed by atoms with E-state index in [9.17, 15) is 9.90 Å². The van der Waals surface area contributed by atoms with Crippen molar-refractivity contribution in [3.8, 4) is 11.5 Å². The van der Waals surface area contributed by atoms with Gasteiger partial charge in [0.05, 0.1) is 13.7 Å². The van der Waals surface area contributed by atoms with Crippen molar-refractivity contribution in [3.63, 3.8) is 0 Å². The van der Waals surface area contributed by atoms with Crippen LogP contribution in [-0.2, 0) is 4.74 Å². The lowest BCUT2D eigenvalue weighted by molar-refractivity contribution is 0.0523. The maximum atomic E-state index is 11.7. The summed E-state index contributed by atoms with van der Waals surface area (Å²) in [4.78, 5) is 15.9. The van der Waals surface area contributed by atoms with Crippen molar-refractivity contribution in [1.29, 1.82) is 0 Å². The third kappa shape index (κ3) is 2.19. The topological polar surface area (TPSA) is 68.7 Å². The first-order valence-corrected chi connectivity index (χ1v) is 5.92. The van der Waals surface area contributed by atoms with E-state index >= 15 is 0 Å². The minimum atomic E-state index is -0.586. The number of ether oxygens (including phenoxy) is 2. The summed E-state index contributed by atoms with van der Waals surface area (Å²) >= 11 is 0. The first-order valence-electron chi connectivity index (χ1n) is 5.92. The predicted octanol–water partition coefficient (Wildman–Crippen LogP) is 2.43. The highest BCUT2D eigenvalue weighted by Gasteiger charge is 2.18. The minimum Gasteiger partial charge on any atom is -0.506 e. The van der Waals surface area contributed by atoms with E-state index in [1.807, 2.05) is 6.92 Å². The van der Waals surface area contributed by atoms with E-state index in [2.05, 4.69) is 4.98 Å². The van der Waals surface area contributed by atoms with Gasteiger partial charge in [0.15, 0.2) is 0 Å². The van der Waals surface area contributed by atoms with Crippen LogP contribution in [0.5, 0.6) is 11.5 Å². The van der Waals surface area contributed by atoms with E-state index in [1.54, 1.807) is 19.1 Å². The van der Waals surface area contributed by atoms with Gasteiger partial charge >= 0.3 is 5.97 Å². The van der Waals surface area contributed by atoms with Crippen molar-refractivity contribution < 1.29 is 19.4 Å². The summed E-state index contributed by atoms with van der Waals surface area (Å²) in [5, 5.41) is 10.8. The summed E-state index contributed by atoms with van der Waals surface area (Å²) in [6.07, 6.45) is 1.30.